The van der Waals surface area contributed by atoms with Crippen molar-refractivity contribution in [2.45, 2.75) is 51.5 Å². The second kappa shape index (κ2) is 7.24. The minimum absolute atomic E-state index is 0.0805. The maximum absolute atomic E-state index is 12.6. The van der Waals surface area contributed by atoms with Gasteiger partial charge in [-0.15, -0.1) is 0 Å². The lowest BCUT2D eigenvalue weighted by molar-refractivity contribution is -0.143. The minimum Gasteiger partial charge on any atom is -0.481 e. The van der Waals surface area contributed by atoms with Gasteiger partial charge < -0.3 is 15.3 Å². The molecule has 2 unspecified atom stereocenters. The molecule has 2 amide bonds. The molecule has 1 heterocycles. The van der Waals surface area contributed by atoms with Gasteiger partial charge in [-0.05, 0) is 38.0 Å². The highest BCUT2D eigenvalue weighted by molar-refractivity contribution is 5.76. The lowest BCUT2D eigenvalue weighted by atomic mass is 9.86. The number of carboxylic acids is 1. The van der Waals surface area contributed by atoms with Gasteiger partial charge in [0.15, 0.2) is 0 Å². The van der Waals surface area contributed by atoms with Crippen LogP contribution in [0.1, 0.15) is 39.0 Å². The summed E-state index contributed by atoms with van der Waals surface area (Å²) in [4.78, 5) is 24.9. The molecule has 2 fully saturated rings. The third kappa shape index (κ3) is 4.30. The van der Waals surface area contributed by atoms with Crippen LogP contribution in [0.3, 0.4) is 0 Å². The normalized spacial score (nSPS) is 32.8. The Morgan fingerprint density at radius 2 is 1.82 bits per heavy atom. The summed E-state index contributed by atoms with van der Waals surface area (Å²) in [5.74, 6) is -1.81. The van der Waals surface area contributed by atoms with Crippen LogP contribution in [0.4, 0.5) is 13.6 Å². The van der Waals surface area contributed by atoms with Crippen LogP contribution < -0.4 is 5.32 Å². The van der Waals surface area contributed by atoms with Crippen LogP contribution in [-0.2, 0) is 4.79 Å². The molecule has 0 spiro atoms. The molecular weight excluding hydrogens is 294 g/mol. The summed E-state index contributed by atoms with van der Waals surface area (Å²) in [6, 6.07) is -0.346. The smallest absolute Gasteiger partial charge is 0.317 e. The fraction of sp³-hybridized carbons (Fsp3) is 0.867. The number of piperidine rings is 1. The van der Waals surface area contributed by atoms with Crippen LogP contribution in [-0.4, -0.2) is 47.6 Å². The number of carboxylic acid groups (broad SMARTS) is 1. The van der Waals surface area contributed by atoms with E-state index in [1.54, 1.807) is 4.90 Å². The number of likely N-dealkylation sites (tertiary alicyclic amines) is 1. The Hall–Kier alpha value is -1.40. The Morgan fingerprint density at radius 3 is 2.36 bits per heavy atom. The standard InChI is InChI=1S/C15H24F2N2O3/c1-9-6-11(14(20)21)8-19(7-9)15(22)18-12-4-2-10(3-5-12)13(16)17/h9-13H,2-8H2,1H3,(H,18,22)(H,20,21). The van der Waals surface area contributed by atoms with Gasteiger partial charge in [-0.25, -0.2) is 13.6 Å². The molecule has 1 aliphatic carbocycles. The Bertz CT molecular complexity index is 412. The SMILES string of the molecule is CC1CC(C(=O)O)CN(C(=O)NC2CCC(C(F)F)CC2)C1. The summed E-state index contributed by atoms with van der Waals surface area (Å²) in [6.45, 7) is 2.70. The maximum Gasteiger partial charge on any atom is 0.317 e. The first-order chi connectivity index (χ1) is 10.4. The molecule has 1 aliphatic heterocycles. The van der Waals surface area contributed by atoms with E-state index in [9.17, 15) is 18.4 Å². The van der Waals surface area contributed by atoms with E-state index in [0.717, 1.165) is 0 Å². The van der Waals surface area contributed by atoms with E-state index in [1.807, 2.05) is 6.92 Å². The Balaban J connectivity index is 1.83. The zero-order valence-electron chi connectivity index (χ0n) is 12.8. The van der Waals surface area contributed by atoms with E-state index in [0.29, 0.717) is 38.6 Å². The van der Waals surface area contributed by atoms with Crippen LogP contribution in [0.25, 0.3) is 0 Å². The van der Waals surface area contributed by atoms with Crippen LogP contribution >= 0.6 is 0 Å². The van der Waals surface area contributed by atoms with E-state index in [1.165, 1.54) is 0 Å². The van der Waals surface area contributed by atoms with Crippen molar-refractivity contribution in [3.8, 4) is 0 Å². The van der Waals surface area contributed by atoms with Gasteiger partial charge in [0.1, 0.15) is 0 Å². The van der Waals surface area contributed by atoms with Crippen molar-refractivity contribution >= 4 is 12.0 Å². The molecule has 2 atom stereocenters. The summed E-state index contributed by atoms with van der Waals surface area (Å²) < 4.78 is 25.2. The fourth-order valence-electron chi connectivity index (χ4n) is 3.48. The first kappa shape index (κ1) is 17.0. The van der Waals surface area contributed by atoms with E-state index < -0.39 is 24.2 Å². The monoisotopic (exact) mass is 318 g/mol. The summed E-state index contributed by atoms with van der Waals surface area (Å²) >= 11 is 0. The van der Waals surface area contributed by atoms with Crippen molar-refractivity contribution in [1.82, 2.24) is 10.2 Å². The van der Waals surface area contributed by atoms with Crippen molar-refractivity contribution in [3.05, 3.63) is 0 Å². The molecule has 0 radical (unpaired) electrons. The van der Waals surface area contributed by atoms with Crippen LogP contribution in [0.2, 0.25) is 0 Å². The summed E-state index contributed by atoms with van der Waals surface area (Å²) in [5.41, 5.74) is 0. The Morgan fingerprint density at radius 1 is 1.18 bits per heavy atom. The second-order valence-electron chi connectivity index (χ2n) is 6.68. The maximum atomic E-state index is 12.6. The Kier molecular flexibility index (Phi) is 5.58. The summed E-state index contributed by atoms with van der Waals surface area (Å²) in [7, 11) is 0. The molecule has 1 saturated carbocycles. The van der Waals surface area contributed by atoms with Crippen molar-refractivity contribution in [2.75, 3.05) is 13.1 Å². The van der Waals surface area contributed by atoms with Gasteiger partial charge in [-0.3, -0.25) is 4.79 Å². The fourth-order valence-corrected chi connectivity index (χ4v) is 3.48. The van der Waals surface area contributed by atoms with Crippen LogP contribution in [0, 0.1) is 17.8 Å². The first-order valence-electron chi connectivity index (χ1n) is 7.93. The Labute approximate surface area is 129 Å². The first-order valence-corrected chi connectivity index (χ1v) is 7.93. The van der Waals surface area contributed by atoms with Crippen LogP contribution in [0.15, 0.2) is 0 Å². The largest absolute Gasteiger partial charge is 0.481 e. The van der Waals surface area contributed by atoms with Gasteiger partial charge in [0.25, 0.3) is 0 Å². The third-order valence-electron chi connectivity index (χ3n) is 4.75. The zero-order chi connectivity index (χ0) is 16.3. The van der Waals surface area contributed by atoms with Crippen molar-refractivity contribution in [2.24, 2.45) is 17.8 Å². The second-order valence-corrected chi connectivity index (χ2v) is 6.68. The number of hydrogen-bond acceptors (Lipinski definition) is 2. The van der Waals surface area contributed by atoms with E-state index in [4.69, 9.17) is 5.11 Å². The van der Waals surface area contributed by atoms with Crippen LogP contribution in [0.5, 0.6) is 0 Å². The molecule has 0 aromatic rings. The number of carbonyl (C=O) groups excluding carboxylic acids is 1. The number of alkyl halides is 2. The number of carbonyl (C=O) groups is 2. The van der Waals surface area contributed by atoms with Crippen molar-refractivity contribution in [3.63, 3.8) is 0 Å². The van der Waals surface area contributed by atoms with Crippen molar-refractivity contribution < 1.29 is 23.5 Å². The number of halogens is 2. The molecule has 2 N–H and O–H groups in total. The van der Waals surface area contributed by atoms with Gasteiger partial charge in [-0.1, -0.05) is 6.92 Å². The molecule has 0 aromatic heterocycles. The van der Waals surface area contributed by atoms with Gasteiger partial charge in [-0.2, -0.15) is 0 Å². The highest BCUT2D eigenvalue weighted by atomic mass is 19.3. The van der Waals surface area contributed by atoms with Crippen molar-refractivity contribution in [1.29, 1.82) is 0 Å². The molecular formula is C15H24F2N2O3. The molecule has 2 aliphatic rings. The number of urea groups is 1. The van der Waals surface area contributed by atoms with E-state index >= 15 is 0 Å². The molecule has 5 nitrogen and oxygen atoms in total. The molecule has 0 aromatic carbocycles. The highest BCUT2D eigenvalue weighted by Gasteiger charge is 2.33. The number of nitrogens with one attached hydrogen (secondary N) is 1. The van der Waals surface area contributed by atoms with Gasteiger partial charge in [0, 0.05) is 25.0 Å². The van der Waals surface area contributed by atoms with E-state index in [-0.39, 0.29) is 24.5 Å². The number of rotatable bonds is 3. The topological polar surface area (TPSA) is 69.6 Å². The molecule has 22 heavy (non-hydrogen) atoms. The predicted molar refractivity (Wildman–Crippen MR) is 76.8 cm³/mol. The van der Waals surface area contributed by atoms with Gasteiger partial charge in [0.05, 0.1) is 5.92 Å². The summed E-state index contributed by atoms with van der Waals surface area (Å²) in [5, 5.41) is 12.0. The average Bonchev–Trinajstić information content (AvgIpc) is 2.47. The summed E-state index contributed by atoms with van der Waals surface area (Å²) in [6.07, 6.45) is 0.279. The third-order valence-corrected chi connectivity index (χ3v) is 4.75. The van der Waals surface area contributed by atoms with E-state index in [2.05, 4.69) is 5.32 Å². The van der Waals surface area contributed by atoms with Gasteiger partial charge in [0.2, 0.25) is 6.43 Å². The lowest BCUT2D eigenvalue weighted by Crippen LogP contribution is -2.52. The zero-order valence-corrected chi connectivity index (χ0v) is 12.8. The van der Waals surface area contributed by atoms with Gasteiger partial charge >= 0.3 is 12.0 Å². The number of aliphatic carboxylic acids is 1. The lowest BCUT2D eigenvalue weighted by Gasteiger charge is -2.36. The number of nitrogens with zero attached hydrogens (tertiary/aromatic N) is 1. The minimum atomic E-state index is -2.28. The molecule has 2 rings (SSSR count). The molecule has 1 saturated heterocycles. The quantitative estimate of drug-likeness (QED) is 0.840. The average molecular weight is 318 g/mol. The number of hydrogen-bond donors (Lipinski definition) is 2. The number of amides is 2. The molecule has 7 heteroatoms. The predicted octanol–water partition coefficient (Wildman–Crippen LogP) is 2.56. The molecule has 126 valence electrons. The highest BCUT2D eigenvalue weighted by Crippen LogP contribution is 2.29. The molecule has 0 bridgehead atoms.